The third-order valence-electron chi connectivity index (χ3n) is 5.69. The van der Waals surface area contributed by atoms with Crippen molar-refractivity contribution in [2.24, 2.45) is 5.73 Å². The first-order chi connectivity index (χ1) is 13.7. The first kappa shape index (κ1) is 21.3. The van der Waals surface area contributed by atoms with Gasteiger partial charge < -0.3 is 30.6 Å². The number of nitrogens with two attached hydrogens (primary N) is 1. The van der Waals surface area contributed by atoms with Gasteiger partial charge in [0, 0.05) is 30.9 Å². The smallest absolute Gasteiger partial charge is 0.300 e. The average molecular weight is 403 g/mol. The molecule has 0 radical (unpaired) electrons. The van der Waals surface area contributed by atoms with Gasteiger partial charge in [0.1, 0.15) is 11.6 Å². The van der Waals surface area contributed by atoms with Gasteiger partial charge in [-0.25, -0.2) is 0 Å². The fraction of sp³-hybridized carbons (Fsp3) is 0.524. The third kappa shape index (κ3) is 4.29. The number of aromatic amines is 1. The molecule has 1 aromatic carbocycles. The van der Waals surface area contributed by atoms with Crippen LogP contribution in [0.25, 0.3) is 10.9 Å². The van der Waals surface area contributed by atoms with Gasteiger partial charge in [-0.05, 0) is 37.8 Å². The highest BCUT2D eigenvalue weighted by molar-refractivity contribution is 5.85. The molecule has 3 heterocycles. The van der Waals surface area contributed by atoms with Crippen molar-refractivity contribution in [3.05, 3.63) is 35.5 Å². The lowest BCUT2D eigenvalue weighted by Crippen LogP contribution is -2.54. The van der Waals surface area contributed by atoms with Crippen LogP contribution in [0.5, 0.6) is 0 Å². The van der Waals surface area contributed by atoms with Crippen LogP contribution in [0.1, 0.15) is 37.9 Å². The highest BCUT2D eigenvalue weighted by Gasteiger charge is 2.44. The molecule has 29 heavy (non-hydrogen) atoms. The summed E-state index contributed by atoms with van der Waals surface area (Å²) in [6.07, 6.45) is 1.56. The molecule has 4 rings (SSSR count). The van der Waals surface area contributed by atoms with Crippen LogP contribution < -0.4 is 5.73 Å². The van der Waals surface area contributed by atoms with Gasteiger partial charge in [0.15, 0.2) is 0 Å². The Hall–Kier alpha value is -2.42. The van der Waals surface area contributed by atoms with E-state index in [1.54, 1.807) is 11.8 Å². The van der Waals surface area contributed by atoms with Crippen LogP contribution in [0.15, 0.2) is 24.3 Å². The number of likely N-dealkylation sites (tertiary alicyclic amines) is 1. The zero-order valence-electron chi connectivity index (χ0n) is 16.9. The van der Waals surface area contributed by atoms with E-state index in [1.165, 1.54) is 16.6 Å². The predicted molar refractivity (Wildman–Crippen MR) is 108 cm³/mol. The normalized spacial score (nSPS) is 19.8. The van der Waals surface area contributed by atoms with E-state index in [4.69, 9.17) is 20.4 Å². The van der Waals surface area contributed by atoms with Crippen LogP contribution in [0.3, 0.4) is 0 Å². The van der Waals surface area contributed by atoms with Crippen molar-refractivity contribution in [3.8, 4) is 0 Å². The van der Waals surface area contributed by atoms with Crippen molar-refractivity contribution in [1.29, 1.82) is 0 Å². The number of benzene rings is 1. The number of nitrogens with zero attached hydrogens (tertiary/aromatic N) is 1. The number of amides is 1. The first-order valence-electron chi connectivity index (χ1n) is 9.91. The van der Waals surface area contributed by atoms with E-state index in [0.717, 1.165) is 31.7 Å². The lowest BCUT2D eigenvalue weighted by Gasteiger charge is -2.44. The lowest BCUT2D eigenvalue weighted by atomic mass is 9.83. The number of carboxylic acid groups (broad SMARTS) is 1. The van der Waals surface area contributed by atoms with Crippen molar-refractivity contribution in [2.75, 3.05) is 19.7 Å². The quantitative estimate of drug-likeness (QED) is 0.599. The molecule has 1 fully saturated rings. The second kappa shape index (κ2) is 8.52. The molecule has 0 saturated carbocycles. The Kier molecular flexibility index (Phi) is 6.26. The monoisotopic (exact) mass is 403 g/mol. The average Bonchev–Trinajstić information content (AvgIpc) is 3.07. The molecule has 0 unspecified atom stereocenters. The van der Waals surface area contributed by atoms with Gasteiger partial charge in [0.25, 0.3) is 5.97 Å². The van der Waals surface area contributed by atoms with Crippen LogP contribution in [-0.4, -0.2) is 63.8 Å². The van der Waals surface area contributed by atoms with E-state index in [9.17, 15) is 9.90 Å². The highest BCUT2D eigenvalue weighted by atomic mass is 16.5. The van der Waals surface area contributed by atoms with E-state index in [-0.39, 0.29) is 11.5 Å². The zero-order valence-corrected chi connectivity index (χ0v) is 16.9. The number of nitrogens with one attached hydrogen (secondary N) is 1. The number of hydrogen-bond acceptors (Lipinski definition) is 5. The maximum atomic E-state index is 12.4. The summed E-state index contributed by atoms with van der Waals surface area (Å²) < 4.78 is 6.25. The van der Waals surface area contributed by atoms with Crippen LogP contribution in [0.4, 0.5) is 0 Å². The molecule has 1 amide bonds. The van der Waals surface area contributed by atoms with Crippen molar-refractivity contribution in [3.63, 3.8) is 0 Å². The molecule has 2 aliphatic heterocycles. The number of aliphatic carboxylic acids is 1. The molecule has 2 atom stereocenters. The van der Waals surface area contributed by atoms with E-state index in [0.29, 0.717) is 19.7 Å². The largest absolute Gasteiger partial charge is 0.481 e. The summed E-state index contributed by atoms with van der Waals surface area (Å²) in [5.41, 5.74) is 9.13. The van der Waals surface area contributed by atoms with Crippen LogP contribution in [0.2, 0.25) is 0 Å². The number of hydrogen-bond donors (Lipinski definition) is 4. The first-order valence-corrected chi connectivity index (χ1v) is 9.91. The molecule has 8 nitrogen and oxygen atoms in total. The molecule has 0 bridgehead atoms. The molecule has 158 valence electrons. The number of piperidine rings is 1. The summed E-state index contributed by atoms with van der Waals surface area (Å²) >= 11 is 0. The number of carbonyl (C=O) groups is 2. The lowest BCUT2D eigenvalue weighted by molar-refractivity contribution is -0.144. The number of ether oxygens (including phenoxy) is 1. The topological polar surface area (TPSA) is 129 Å². The highest BCUT2D eigenvalue weighted by Crippen LogP contribution is 2.43. The standard InChI is InChI=1S/C19H25N3O3.C2H4O2/c1-12(23)16(20)18(24)22-9-7-19(8-10-22)17-14(6-11-25-19)13-4-2-3-5-15(13)21-17;1-2(3)4/h2-5,12,16,21,23H,6-11,20H2,1H3;1H3,(H,3,4)/t12-,16+;/m1./s1. The van der Waals surface area contributed by atoms with Gasteiger partial charge in [-0.15, -0.1) is 0 Å². The molecule has 8 heteroatoms. The number of aromatic nitrogens is 1. The van der Waals surface area contributed by atoms with E-state index < -0.39 is 18.1 Å². The van der Waals surface area contributed by atoms with Crippen molar-refractivity contribution in [1.82, 2.24) is 9.88 Å². The van der Waals surface area contributed by atoms with Crippen molar-refractivity contribution < 1.29 is 24.5 Å². The van der Waals surface area contributed by atoms with E-state index >= 15 is 0 Å². The predicted octanol–water partition coefficient (Wildman–Crippen LogP) is 1.36. The summed E-state index contributed by atoms with van der Waals surface area (Å²) in [4.78, 5) is 26.7. The number of aliphatic hydroxyl groups excluding tert-OH is 1. The van der Waals surface area contributed by atoms with Gasteiger partial charge in [-0.3, -0.25) is 9.59 Å². The minimum absolute atomic E-state index is 0.183. The Balaban J connectivity index is 0.000000552. The Labute approximate surface area is 169 Å². The van der Waals surface area contributed by atoms with Crippen LogP contribution in [-0.2, 0) is 26.3 Å². The Bertz CT molecular complexity index is 880. The van der Waals surface area contributed by atoms with Crippen LogP contribution in [0, 0.1) is 0 Å². The van der Waals surface area contributed by atoms with Gasteiger partial charge in [-0.2, -0.15) is 0 Å². The van der Waals surface area contributed by atoms with Gasteiger partial charge in [-0.1, -0.05) is 18.2 Å². The fourth-order valence-electron chi connectivity index (χ4n) is 4.17. The molecular formula is C21H29N3O5. The molecule has 1 spiro atoms. The maximum absolute atomic E-state index is 12.4. The maximum Gasteiger partial charge on any atom is 0.300 e. The number of rotatable bonds is 2. The Morgan fingerprint density at radius 1 is 1.28 bits per heavy atom. The molecule has 2 aliphatic rings. The summed E-state index contributed by atoms with van der Waals surface area (Å²) in [5, 5.41) is 18.3. The molecule has 0 aliphatic carbocycles. The van der Waals surface area contributed by atoms with Gasteiger partial charge in [0.2, 0.25) is 5.91 Å². The van der Waals surface area contributed by atoms with Crippen molar-refractivity contribution in [2.45, 2.75) is 50.9 Å². The van der Waals surface area contributed by atoms with E-state index in [2.05, 4.69) is 23.2 Å². The summed E-state index contributed by atoms with van der Waals surface area (Å²) in [6.45, 7) is 4.52. The minimum Gasteiger partial charge on any atom is -0.481 e. The second-order valence-corrected chi connectivity index (χ2v) is 7.73. The number of aliphatic hydroxyl groups is 1. The van der Waals surface area contributed by atoms with Crippen LogP contribution >= 0.6 is 0 Å². The van der Waals surface area contributed by atoms with Crippen molar-refractivity contribution >= 4 is 22.8 Å². The second-order valence-electron chi connectivity index (χ2n) is 7.73. The Morgan fingerprint density at radius 2 is 1.90 bits per heavy atom. The number of H-pyrrole nitrogens is 1. The van der Waals surface area contributed by atoms with Gasteiger partial charge in [0.05, 0.1) is 18.4 Å². The zero-order chi connectivity index (χ0) is 21.2. The summed E-state index contributed by atoms with van der Waals surface area (Å²) in [5.74, 6) is -1.02. The number of fused-ring (bicyclic) bond motifs is 4. The van der Waals surface area contributed by atoms with E-state index in [1.807, 2.05) is 6.07 Å². The molecule has 1 saturated heterocycles. The van der Waals surface area contributed by atoms with Gasteiger partial charge >= 0.3 is 0 Å². The Morgan fingerprint density at radius 3 is 2.52 bits per heavy atom. The number of carboxylic acids is 1. The molecular weight excluding hydrogens is 374 g/mol. The molecule has 1 aromatic heterocycles. The molecule has 5 N–H and O–H groups in total. The fourth-order valence-corrected chi connectivity index (χ4v) is 4.17. The third-order valence-corrected chi connectivity index (χ3v) is 5.69. The summed E-state index contributed by atoms with van der Waals surface area (Å²) in [6, 6.07) is 7.50. The number of para-hydroxylation sites is 1. The SMILES string of the molecule is CC(=O)O.C[C@@H](O)[C@H](N)C(=O)N1CCC2(CC1)OCCc1c2[nH]c2ccccc12. The minimum atomic E-state index is -0.857. The molecule has 2 aromatic rings. The number of carbonyl (C=O) groups excluding carboxylic acids is 1. The summed E-state index contributed by atoms with van der Waals surface area (Å²) in [7, 11) is 0.